The molecule has 3 aromatic carbocycles. The van der Waals surface area contributed by atoms with Gasteiger partial charge in [0.2, 0.25) is 0 Å². The molecule has 0 radical (unpaired) electrons. The molecule has 0 saturated heterocycles. The Labute approximate surface area is 145 Å². The second-order valence-corrected chi connectivity index (χ2v) is 5.52. The maximum Gasteiger partial charge on any atom is 0.292 e. The Hall–Kier alpha value is -3.47. The number of hydrogen-bond acceptors (Lipinski definition) is 4. The van der Waals surface area contributed by atoms with Crippen molar-refractivity contribution in [3.8, 4) is 0 Å². The monoisotopic (exact) mass is 332 g/mol. The van der Waals surface area contributed by atoms with E-state index in [2.05, 4.69) is 5.32 Å². The lowest BCUT2D eigenvalue weighted by atomic mass is 10.0. The third-order valence-corrected chi connectivity index (χ3v) is 3.82. The van der Waals surface area contributed by atoms with Crippen molar-refractivity contribution in [3.05, 3.63) is 106 Å². The van der Waals surface area contributed by atoms with E-state index in [9.17, 15) is 14.9 Å². The number of hydrogen-bond donors (Lipinski definition) is 1. The minimum atomic E-state index is -0.454. The summed E-state index contributed by atoms with van der Waals surface area (Å²) in [5, 5.41) is 14.3. The molecule has 0 aliphatic heterocycles. The Bertz CT molecular complexity index is 893. The van der Waals surface area contributed by atoms with Gasteiger partial charge in [0, 0.05) is 23.7 Å². The lowest BCUT2D eigenvalue weighted by molar-refractivity contribution is -0.384. The number of ketones is 1. The van der Waals surface area contributed by atoms with Crippen LogP contribution in [0.3, 0.4) is 0 Å². The standard InChI is InChI=1S/C20H16N2O3/c23-20(16-9-5-2-6-10-16)17-11-12-19(22(24)25)18(13-17)21-14-15-7-3-1-4-8-15/h1-13,21H,14H2. The lowest BCUT2D eigenvalue weighted by Gasteiger charge is -2.09. The maximum atomic E-state index is 12.6. The van der Waals surface area contributed by atoms with E-state index in [1.165, 1.54) is 18.2 Å². The molecule has 0 atom stereocenters. The van der Waals surface area contributed by atoms with Crippen molar-refractivity contribution in [2.24, 2.45) is 0 Å². The number of nitrogens with one attached hydrogen (secondary N) is 1. The maximum absolute atomic E-state index is 12.6. The van der Waals surface area contributed by atoms with Crippen molar-refractivity contribution in [2.75, 3.05) is 5.32 Å². The van der Waals surface area contributed by atoms with Crippen LogP contribution in [0.2, 0.25) is 0 Å². The predicted molar refractivity (Wildman–Crippen MR) is 96.7 cm³/mol. The number of benzene rings is 3. The molecule has 25 heavy (non-hydrogen) atoms. The first-order valence-corrected chi connectivity index (χ1v) is 7.81. The van der Waals surface area contributed by atoms with Crippen LogP contribution in [0.5, 0.6) is 0 Å². The minimum Gasteiger partial charge on any atom is -0.375 e. The molecule has 0 fully saturated rings. The van der Waals surface area contributed by atoms with Gasteiger partial charge in [-0.2, -0.15) is 0 Å². The van der Waals surface area contributed by atoms with Crippen LogP contribution in [0.25, 0.3) is 0 Å². The molecule has 1 N–H and O–H groups in total. The molecule has 0 spiro atoms. The average molecular weight is 332 g/mol. The molecular weight excluding hydrogens is 316 g/mol. The molecule has 5 heteroatoms. The molecular formula is C20H16N2O3. The number of anilines is 1. The fraction of sp³-hybridized carbons (Fsp3) is 0.0500. The van der Waals surface area contributed by atoms with Crippen LogP contribution in [0.1, 0.15) is 21.5 Å². The Morgan fingerprint density at radius 1 is 0.880 bits per heavy atom. The molecule has 0 unspecified atom stereocenters. The number of nitro groups is 1. The van der Waals surface area contributed by atoms with E-state index < -0.39 is 4.92 Å². The van der Waals surface area contributed by atoms with Crippen LogP contribution >= 0.6 is 0 Å². The van der Waals surface area contributed by atoms with Gasteiger partial charge in [-0.25, -0.2) is 0 Å². The first kappa shape index (κ1) is 16.4. The van der Waals surface area contributed by atoms with E-state index in [0.29, 0.717) is 23.4 Å². The van der Waals surface area contributed by atoms with Gasteiger partial charge in [0.05, 0.1) is 4.92 Å². The van der Waals surface area contributed by atoms with E-state index in [0.717, 1.165) is 5.56 Å². The van der Waals surface area contributed by atoms with Gasteiger partial charge in [0.1, 0.15) is 5.69 Å². The zero-order valence-electron chi connectivity index (χ0n) is 13.4. The number of carbonyl (C=O) groups is 1. The summed E-state index contributed by atoms with van der Waals surface area (Å²) in [4.78, 5) is 23.4. The van der Waals surface area contributed by atoms with Crippen LogP contribution in [-0.2, 0) is 6.54 Å². The Kier molecular flexibility index (Phi) is 4.85. The van der Waals surface area contributed by atoms with Crippen LogP contribution in [-0.4, -0.2) is 10.7 Å². The number of rotatable bonds is 6. The number of nitrogens with zero attached hydrogens (tertiary/aromatic N) is 1. The van der Waals surface area contributed by atoms with Gasteiger partial charge < -0.3 is 5.32 Å². The zero-order chi connectivity index (χ0) is 17.6. The first-order valence-electron chi connectivity index (χ1n) is 7.81. The summed E-state index contributed by atoms with van der Waals surface area (Å²) in [6, 6.07) is 22.8. The van der Waals surface area contributed by atoms with Crippen molar-refractivity contribution in [1.29, 1.82) is 0 Å². The SMILES string of the molecule is O=C(c1ccccc1)c1ccc([N+](=O)[O-])c(NCc2ccccc2)c1. The van der Waals surface area contributed by atoms with E-state index in [1.807, 2.05) is 36.4 Å². The molecule has 124 valence electrons. The molecule has 5 nitrogen and oxygen atoms in total. The normalized spacial score (nSPS) is 10.2. The van der Waals surface area contributed by atoms with Crippen LogP contribution in [0.4, 0.5) is 11.4 Å². The summed E-state index contributed by atoms with van der Waals surface area (Å²) in [6.07, 6.45) is 0. The van der Waals surface area contributed by atoms with Gasteiger partial charge in [-0.3, -0.25) is 14.9 Å². The Morgan fingerprint density at radius 3 is 2.16 bits per heavy atom. The fourth-order valence-electron chi connectivity index (χ4n) is 2.53. The third-order valence-electron chi connectivity index (χ3n) is 3.82. The van der Waals surface area contributed by atoms with Crippen LogP contribution in [0.15, 0.2) is 78.9 Å². The molecule has 3 aromatic rings. The summed E-state index contributed by atoms with van der Waals surface area (Å²) >= 11 is 0. The molecule has 0 aliphatic rings. The van der Waals surface area contributed by atoms with Gasteiger partial charge in [0.25, 0.3) is 5.69 Å². The van der Waals surface area contributed by atoms with Crippen LogP contribution in [0, 0.1) is 10.1 Å². The summed E-state index contributed by atoms with van der Waals surface area (Å²) in [5.41, 5.74) is 2.23. The van der Waals surface area contributed by atoms with Crippen molar-refractivity contribution >= 4 is 17.2 Å². The highest BCUT2D eigenvalue weighted by Gasteiger charge is 2.17. The number of carbonyl (C=O) groups excluding carboxylic acids is 1. The van der Waals surface area contributed by atoms with Gasteiger partial charge in [-0.05, 0) is 17.7 Å². The molecule has 3 rings (SSSR count). The van der Waals surface area contributed by atoms with Crippen LogP contribution < -0.4 is 5.32 Å². The molecule has 0 bridgehead atoms. The molecule has 0 amide bonds. The first-order chi connectivity index (χ1) is 12.1. The summed E-state index contributed by atoms with van der Waals surface area (Å²) in [7, 11) is 0. The molecule has 0 aromatic heterocycles. The predicted octanol–water partition coefficient (Wildman–Crippen LogP) is 4.44. The highest BCUT2D eigenvalue weighted by Crippen LogP contribution is 2.27. The van der Waals surface area contributed by atoms with Gasteiger partial charge in [-0.1, -0.05) is 60.7 Å². The quantitative estimate of drug-likeness (QED) is 0.411. The summed E-state index contributed by atoms with van der Waals surface area (Å²) in [5.74, 6) is -0.168. The molecule has 0 saturated carbocycles. The van der Waals surface area contributed by atoms with E-state index in [-0.39, 0.29) is 11.5 Å². The van der Waals surface area contributed by atoms with E-state index >= 15 is 0 Å². The lowest BCUT2D eigenvalue weighted by Crippen LogP contribution is -2.06. The van der Waals surface area contributed by atoms with Gasteiger partial charge in [0.15, 0.2) is 5.78 Å². The fourth-order valence-corrected chi connectivity index (χ4v) is 2.53. The Morgan fingerprint density at radius 2 is 1.52 bits per heavy atom. The van der Waals surface area contributed by atoms with Gasteiger partial charge >= 0.3 is 0 Å². The average Bonchev–Trinajstić information content (AvgIpc) is 2.67. The summed E-state index contributed by atoms with van der Waals surface area (Å²) < 4.78 is 0. The Balaban J connectivity index is 1.89. The third kappa shape index (κ3) is 3.90. The van der Waals surface area contributed by atoms with E-state index in [1.54, 1.807) is 24.3 Å². The zero-order valence-corrected chi connectivity index (χ0v) is 13.4. The summed E-state index contributed by atoms with van der Waals surface area (Å²) in [6.45, 7) is 0.435. The highest BCUT2D eigenvalue weighted by molar-refractivity contribution is 6.09. The number of nitro benzene ring substituents is 1. The second-order valence-electron chi connectivity index (χ2n) is 5.52. The molecule has 0 aliphatic carbocycles. The largest absolute Gasteiger partial charge is 0.375 e. The van der Waals surface area contributed by atoms with E-state index in [4.69, 9.17) is 0 Å². The highest BCUT2D eigenvalue weighted by atomic mass is 16.6. The van der Waals surface area contributed by atoms with Gasteiger partial charge in [-0.15, -0.1) is 0 Å². The topological polar surface area (TPSA) is 72.2 Å². The molecule has 0 heterocycles. The minimum absolute atomic E-state index is 0.0551. The van der Waals surface area contributed by atoms with Crippen molar-refractivity contribution in [3.63, 3.8) is 0 Å². The second kappa shape index (κ2) is 7.40. The smallest absolute Gasteiger partial charge is 0.292 e. The van der Waals surface area contributed by atoms with Crippen molar-refractivity contribution < 1.29 is 9.72 Å². The van der Waals surface area contributed by atoms with Crippen molar-refractivity contribution in [1.82, 2.24) is 0 Å². The van der Waals surface area contributed by atoms with Crippen molar-refractivity contribution in [2.45, 2.75) is 6.54 Å².